The molecular formula is C23H21ClN6O2. The molecule has 32 heavy (non-hydrogen) atoms. The van der Waals surface area contributed by atoms with E-state index < -0.39 is 0 Å². The van der Waals surface area contributed by atoms with E-state index in [1.165, 1.54) is 0 Å². The molecule has 3 heterocycles. The van der Waals surface area contributed by atoms with E-state index in [1.54, 1.807) is 10.7 Å². The first-order valence-electron chi connectivity index (χ1n) is 10.5. The number of H-pyrrole nitrogens is 1. The van der Waals surface area contributed by atoms with Crippen LogP contribution in [-0.2, 0) is 6.54 Å². The molecule has 1 atom stereocenters. The Morgan fingerprint density at radius 2 is 2.00 bits per heavy atom. The smallest absolute Gasteiger partial charge is 0.281 e. The van der Waals surface area contributed by atoms with Crippen molar-refractivity contribution in [1.29, 1.82) is 0 Å². The topological polar surface area (TPSA) is 96.8 Å². The fourth-order valence-electron chi connectivity index (χ4n) is 4.14. The van der Waals surface area contributed by atoms with Gasteiger partial charge in [0.1, 0.15) is 5.82 Å². The molecule has 1 N–H and O–H groups in total. The maximum absolute atomic E-state index is 12.9. The number of hydrogen-bond acceptors (Lipinski definition) is 5. The molecule has 1 fully saturated rings. The van der Waals surface area contributed by atoms with Crippen molar-refractivity contribution in [1.82, 2.24) is 29.9 Å². The van der Waals surface area contributed by atoms with Gasteiger partial charge in [0.05, 0.1) is 6.54 Å². The lowest BCUT2D eigenvalue weighted by Gasteiger charge is -2.32. The molecule has 1 aliphatic rings. The molecular weight excluding hydrogens is 428 g/mol. The number of rotatable bonds is 4. The SMILES string of the molecule is O=C(c1ccccc1)N1CCC[C@H](c2nc3c(nnn3Cc3cccc(Cl)c3)c(=O)[nH]2)C1. The Hall–Kier alpha value is -3.52. The molecule has 4 aromatic rings. The number of aromatic amines is 1. The van der Waals surface area contributed by atoms with Crippen LogP contribution in [0.2, 0.25) is 5.02 Å². The number of benzene rings is 2. The van der Waals surface area contributed by atoms with Crippen LogP contribution in [0, 0.1) is 0 Å². The Bertz CT molecular complexity index is 1330. The zero-order valence-electron chi connectivity index (χ0n) is 17.2. The molecule has 0 spiro atoms. The number of nitrogens with zero attached hydrogens (tertiary/aromatic N) is 5. The average Bonchev–Trinajstić information content (AvgIpc) is 3.22. The number of likely N-dealkylation sites (tertiary alicyclic amines) is 1. The normalized spacial score (nSPS) is 16.4. The van der Waals surface area contributed by atoms with Crippen LogP contribution in [0.15, 0.2) is 59.4 Å². The van der Waals surface area contributed by atoms with Crippen LogP contribution in [0.3, 0.4) is 0 Å². The molecule has 1 aliphatic heterocycles. The summed E-state index contributed by atoms with van der Waals surface area (Å²) in [4.78, 5) is 35.0. The molecule has 8 nitrogen and oxygen atoms in total. The standard InChI is InChI=1S/C23H21ClN6O2/c24-18-10-4-6-15(12-18)13-30-21-19(27-28-30)22(31)26-20(25-21)17-9-5-11-29(14-17)23(32)16-7-2-1-3-8-16/h1-4,6-8,10,12,17H,5,9,11,13-14H2,(H,25,26,31)/t17-/m0/s1. The van der Waals surface area contributed by atoms with Gasteiger partial charge < -0.3 is 9.88 Å². The maximum Gasteiger partial charge on any atom is 0.281 e. The fraction of sp³-hybridized carbons (Fsp3) is 0.261. The minimum absolute atomic E-state index is 0.00797. The van der Waals surface area contributed by atoms with Crippen LogP contribution < -0.4 is 5.56 Å². The van der Waals surface area contributed by atoms with Crippen LogP contribution in [-0.4, -0.2) is 48.9 Å². The van der Waals surface area contributed by atoms with Crippen LogP contribution >= 0.6 is 11.6 Å². The van der Waals surface area contributed by atoms with Gasteiger partial charge >= 0.3 is 0 Å². The van der Waals surface area contributed by atoms with Gasteiger partial charge in [0.25, 0.3) is 11.5 Å². The summed E-state index contributed by atoms with van der Waals surface area (Å²) in [7, 11) is 0. The lowest BCUT2D eigenvalue weighted by molar-refractivity contribution is 0.0704. The third kappa shape index (κ3) is 4.01. The molecule has 0 radical (unpaired) electrons. The summed E-state index contributed by atoms with van der Waals surface area (Å²) in [5, 5.41) is 8.77. The Morgan fingerprint density at radius 1 is 1.16 bits per heavy atom. The number of carbonyl (C=O) groups is 1. The van der Waals surface area contributed by atoms with Gasteiger partial charge in [-0.3, -0.25) is 9.59 Å². The van der Waals surface area contributed by atoms with Crippen molar-refractivity contribution in [3.8, 4) is 0 Å². The van der Waals surface area contributed by atoms with Gasteiger partial charge in [0, 0.05) is 29.6 Å². The molecule has 1 amide bonds. The molecule has 0 aliphatic carbocycles. The number of halogens is 1. The third-order valence-corrected chi connectivity index (χ3v) is 5.96. The van der Waals surface area contributed by atoms with Gasteiger partial charge in [0.15, 0.2) is 11.2 Å². The number of nitrogens with one attached hydrogen (secondary N) is 1. The van der Waals surface area contributed by atoms with E-state index in [-0.39, 0.29) is 22.9 Å². The number of amides is 1. The molecule has 2 aromatic carbocycles. The third-order valence-electron chi connectivity index (χ3n) is 5.73. The van der Waals surface area contributed by atoms with Crippen molar-refractivity contribution < 1.29 is 4.79 Å². The van der Waals surface area contributed by atoms with E-state index in [2.05, 4.69) is 15.3 Å². The van der Waals surface area contributed by atoms with E-state index in [4.69, 9.17) is 16.6 Å². The Morgan fingerprint density at radius 3 is 2.81 bits per heavy atom. The van der Waals surface area contributed by atoms with Crippen LogP contribution in [0.5, 0.6) is 0 Å². The van der Waals surface area contributed by atoms with Gasteiger partial charge in [-0.25, -0.2) is 9.67 Å². The Balaban J connectivity index is 1.43. The van der Waals surface area contributed by atoms with Crippen molar-refractivity contribution >= 4 is 28.7 Å². The molecule has 0 saturated carbocycles. The second-order valence-corrected chi connectivity index (χ2v) is 8.39. The lowest BCUT2D eigenvalue weighted by Crippen LogP contribution is -2.39. The molecule has 5 rings (SSSR count). The lowest BCUT2D eigenvalue weighted by atomic mass is 9.96. The second kappa shape index (κ2) is 8.55. The van der Waals surface area contributed by atoms with Gasteiger partial charge in [-0.05, 0) is 42.7 Å². The quantitative estimate of drug-likeness (QED) is 0.517. The first-order chi connectivity index (χ1) is 15.6. The Kier molecular flexibility index (Phi) is 5.45. The van der Waals surface area contributed by atoms with Crippen molar-refractivity contribution in [3.05, 3.63) is 86.9 Å². The Labute approximate surface area is 188 Å². The van der Waals surface area contributed by atoms with Gasteiger partial charge in [-0.1, -0.05) is 47.1 Å². The van der Waals surface area contributed by atoms with E-state index in [0.717, 1.165) is 18.4 Å². The predicted octanol–water partition coefficient (Wildman–Crippen LogP) is 3.24. The van der Waals surface area contributed by atoms with Gasteiger partial charge in [-0.15, -0.1) is 5.10 Å². The minimum atomic E-state index is -0.325. The van der Waals surface area contributed by atoms with E-state index in [1.807, 2.05) is 53.4 Å². The molecule has 2 aromatic heterocycles. The largest absolute Gasteiger partial charge is 0.338 e. The fourth-order valence-corrected chi connectivity index (χ4v) is 4.35. The highest BCUT2D eigenvalue weighted by atomic mass is 35.5. The first kappa shape index (κ1) is 20.4. The maximum atomic E-state index is 12.9. The van der Waals surface area contributed by atoms with E-state index in [9.17, 15) is 9.59 Å². The number of hydrogen-bond donors (Lipinski definition) is 1. The summed E-state index contributed by atoms with van der Waals surface area (Å²) in [5.41, 5.74) is 1.90. The van der Waals surface area contributed by atoms with Crippen LogP contribution in [0.25, 0.3) is 11.2 Å². The molecule has 1 saturated heterocycles. The summed E-state index contributed by atoms with van der Waals surface area (Å²) in [6.45, 7) is 1.58. The van der Waals surface area contributed by atoms with E-state index in [0.29, 0.717) is 41.7 Å². The predicted molar refractivity (Wildman–Crippen MR) is 121 cm³/mol. The monoisotopic (exact) mass is 448 g/mol. The molecule has 0 unspecified atom stereocenters. The van der Waals surface area contributed by atoms with Gasteiger partial charge in [0.2, 0.25) is 0 Å². The highest BCUT2D eigenvalue weighted by Gasteiger charge is 2.28. The number of aromatic nitrogens is 5. The molecule has 0 bridgehead atoms. The minimum Gasteiger partial charge on any atom is -0.338 e. The summed E-state index contributed by atoms with van der Waals surface area (Å²) in [5.74, 6) is 0.483. The van der Waals surface area contributed by atoms with Crippen molar-refractivity contribution in [3.63, 3.8) is 0 Å². The van der Waals surface area contributed by atoms with Gasteiger partial charge in [-0.2, -0.15) is 0 Å². The average molecular weight is 449 g/mol. The second-order valence-electron chi connectivity index (χ2n) is 7.96. The first-order valence-corrected chi connectivity index (χ1v) is 10.9. The molecule has 9 heteroatoms. The number of piperidine rings is 1. The zero-order chi connectivity index (χ0) is 22.1. The molecule has 162 valence electrons. The van der Waals surface area contributed by atoms with Crippen LogP contribution in [0.1, 0.15) is 40.5 Å². The van der Waals surface area contributed by atoms with Crippen LogP contribution in [0.4, 0.5) is 0 Å². The summed E-state index contributed by atoms with van der Waals surface area (Å²) in [6.07, 6.45) is 1.67. The highest BCUT2D eigenvalue weighted by molar-refractivity contribution is 6.30. The number of carbonyl (C=O) groups excluding carboxylic acids is 1. The zero-order valence-corrected chi connectivity index (χ0v) is 18.0. The number of fused-ring (bicyclic) bond motifs is 1. The summed E-state index contributed by atoms with van der Waals surface area (Å²) in [6, 6.07) is 16.7. The van der Waals surface area contributed by atoms with Crippen molar-refractivity contribution in [2.24, 2.45) is 0 Å². The van der Waals surface area contributed by atoms with E-state index >= 15 is 0 Å². The summed E-state index contributed by atoms with van der Waals surface area (Å²) < 4.78 is 1.61. The van der Waals surface area contributed by atoms with Crippen molar-refractivity contribution in [2.45, 2.75) is 25.3 Å². The summed E-state index contributed by atoms with van der Waals surface area (Å²) >= 11 is 6.09. The van der Waals surface area contributed by atoms with Crippen molar-refractivity contribution in [2.75, 3.05) is 13.1 Å². The highest BCUT2D eigenvalue weighted by Crippen LogP contribution is 2.26.